The van der Waals surface area contributed by atoms with E-state index >= 15 is 0 Å². The van der Waals surface area contributed by atoms with Crippen LogP contribution in [-0.2, 0) is 0 Å². The van der Waals surface area contributed by atoms with Crippen LogP contribution in [0.3, 0.4) is 0 Å². The van der Waals surface area contributed by atoms with Crippen molar-refractivity contribution in [2.75, 3.05) is 13.2 Å². The molecule has 0 spiro atoms. The first-order chi connectivity index (χ1) is 6.94. The minimum atomic E-state index is -0.0753. The second kappa shape index (κ2) is 5.30. The molecule has 0 aliphatic rings. The van der Waals surface area contributed by atoms with Crippen molar-refractivity contribution in [3.05, 3.63) is 21.3 Å². The lowest BCUT2D eigenvalue weighted by Gasteiger charge is -2.24. The fraction of sp³-hybridized carbons (Fsp3) is 0.636. The average molecular weight is 248 g/mol. The topological polar surface area (TPSA) is 32.3 Å². The molecule has 1 atom stereocenters. The first-order valence-corrected chi connectivity index (χ1v) is 6.28. The van der Waals surface area contributed by atoms with Crippen LogP contribution in [-0.4, -0.2) is 18.3 Å². The molecule has 1 aromatic heterocycles. The Bertz CT molecular complexity index is 311. The quantitative estimate of drug-likeness (QED) is 0.838. The molecule has 86 valence electrons. The predicted octanol–water partition coefficient (Wildman–Crippen LogP) is 3.07. The van der Waals surface area contributed by atoms with Gasteiger partial charge in [-0.25, -0.2) is 0 Å². The number of hydrogen-bond acceptors (Lipinski definition) is 3. The zero-order valence-corrected chi connectivity index (χ0v) is 11.0. The number of aliphatic hydroxyl groups is 1. The van der Waals surface area contributed by atoms with E-state index in [0.29, 0.717) is 0 Å². The molecule has 0 aliphatic carbocycles. The molecule has 1 heterocycles. The van der Waals surface area contributed by atoms with Crippen molar-refractivity contribution in [3.8, 4) is 0 Å². The van der Waals surface area contributed by atoms with E-state index in [0.717, 1.165) is 10.9 Å². The van der Waals surface area contributed by atoms with E-state index in [9.17, 15) is 0 Å². The third kappa shape index (κ3) is 4.11. The zero-order valence-electron chi connectivity index (χ0n) is 9.38. The second-order valence-corrected chi connectivity index (χ2v) is 6.15. The van der Waals surface area contributed by atoms with Crippen LogP contribution in [0.1, 0.15) is 32.4 Å². The first-order valence-electron chi connectivity index (χ1n) is 5.03. The molecule has 2 nitrogen and oxygen atoms in total. The zero-order chi connectivity index (χ0) is 11.5. The van der Waals surface area contributed by atoms with Crippen LogP contribution in [0.5, 0.6) is 0 Å². The van der Waals surface area contributed by atoms with Gasteiger partial charge < -0.3 is 10.4 Å². The van der Waals surface area contributed by atoms with Crippen LogP contribution in [0.15, 0.2) is 11.4 Å². The van der Waals surface area contributed by atoms with Crippen molar-refractivity contribution in [1.82, 2.24) is 5.32 Å². The summed E-state index contributed by atoms with van der Waals surface area (Å²) in [6.45, 7) is 7.15. The van der Waals surface area contributed by atoms with Crippen molar-refractivity contribution in [2.45, 2.75) is 26.8 Å². The maximum Gasteiger partial charge on any atom is 0.0931 e. The van der Waals surface area contributed by atoms with E-state index in [1.54, 1.807) is 11.3 Å². The summed E-state index contributed by atoms with van der Waals surface area (Å²) in [6.07, 6.45) is 0. The van der Waals surface area contributed by atoms with Crippen LogP contribution in [0.4, 0.5) is 0 Å². The molecule has 0 saturated heterocycles. The van der Waals surface area contributed by atoms with E-state index < -0.39 is 0 Å². The van der Waals surface area contributed by atoms with Gasteiger partial charge in [0.1, 0.15) is 0 Å². The Kier molecular flexibility index (Phi) is 4.59. The van der Waals surface area contributed by atoms with Crippen molar-refractivity contribution in [2.24, 2.45) is 5.41 Å². The van der Waals surface area contributed by atoms with Crippen LogP contribution in [0.2, 0.25) is 4.34 Å². The highest BCUT2D eigenvalue weighted by molar-refractivity contribution is 7.14. The Morgan fingerprint density at radius 2 is 2.27 bits per heavy atom. The van der Waals surface area contributed by atoms with Gasteiger partial charge in [0.25, 0.3) is 0 Å². The molecule has 15 heavy (non-hydrogen) atoms. The van der Waals surface area contributed by atoms with E-state index in [4.69, 9.17) is 16.7 Å². The molecule has 0 saturated carbocycles. The van der Waals surface area contributed by atoms with Crippen molar-refractivity contribution in [3.63, 3.8) is 0 Å². The van der Waals surface area contributed by atoms with Crippen molar-refractivity contribution >= 4 is 22.9 Å². The maximum absolute atomic E-state index is 9.12. The third-order valence-corrected chi connectivity index (χ3v) is 3.51. The Balaban J connectivity index is 2.46. The van der Waals surface area contributed by atoms with Crippen LogP contribution >= 0.6 is 22.9 Å². The smallest absolute Gasteiger partial charge is 0.0931 e. The molecule has 0 bridgehead atoms. The van der Waals surface area contributed by atoms with E-state index in [-0.39, 0.29) is 18.1 Å². The molecule has 1 unspecified atom stereocenters. The van der Waals surface area contributed by atoms with Gasteiger partial charge in [-0.05, 0) is 23.9 Å². The summed E-state index contributed by atoms with van der Waals surface area (Å²) in [6, 6.07) is 2.26. The van der Waals surface area contributed by atoms with Crippen LogP contribution in [0.25, 0.3) is 0 Å². The normalized spacial score (nSPS) is 14.2. The highest BCUT2D eigenvalue weighted by Crippen LogP contribution is 2.25. The predicted molar refractivity (Wildman–Crippen MR) is 66.6 cm³/mol. The maximum atomic E-state index is 9.12. The molecule has 0 aromatic carbocycles. The number of aliphatic hydroxyl groups excluding tert-OH is 1. The van der Waals surface area contributed by atoms with Crippen LogP contribution < -0.4 is 5.32 Å². The minimum absolute atomic E-state index is 0.0753. The fourth-order valence-electron chi connectivity index (χ4n) is 1.15. The van der Waals surface area contributed by atoms with Gasteiger partial charge in [0.15, 0.2) is 0 Å². The summed E-state index contributed by atoms with van der Waals surface area (Å²) in [5, 5.41) is 14.6. The molecule has 0 radical (unpaired) electrons. The molecule has 0 amide bonds. The van der Waals surface area contributed by atoms with E-state index in [1.807, 2.05) is 19.9 Å². The second-order valence-electron chi connectivity index (χ2n) is 4.61. The third-order valence-electron chi connectivity index (χ3n) is 2.40. The Labute approximate surface area is 100 Å². The Morgan fingerprint density at radius 3 is 2.73 bits per heavy atom. The lowest BCUT2D eigenvalue weighted by molar-refractivity contribution is 0.154. The summed E-state index contributed by atoms with van der Waals surface area (Å²) < 4.78 is 0.820. The van der Waals surface area contributed by atoms with Crippen LogP contribution in [0, 0.1) is 5.41 Å². The van der Waals surface area contributed by atoms with Gasteiger partial charge in [0.2, 0.25) is 0 Å². The number of hydrogen-bond donors (Lipinski definition) is 2. The highest BCUT2D eigenvalue weighted by atomic mass is 35.5. The van der Waals surface area contributed by atoms with Crippen molar-refractivity contribution < 1.29 is 5.11 Å². The van der Waals surface area contributed by atoms with E-state index in [1.165, 1.54) is 5.56 Å². The summed E-state index contributed by atoms with van der Waals surface area (Å²) in [5.41, 5.74) is 1.13. The van der Waals surface area contributed by atoms with Gasteiger partial charge in [0, 0.05) is 24.6 Å². The highest BCUT2D eigenvalue weighted by Gasteiger charge is 2.17. The van der Waals surface area contributed by atoms with Gasteiger partial charge in [-0.3, -0.25) is 0 Å². The Morgan fingerprint density at radius 1 is 1.60 bits per heavy atom. The molecule has 1 rings (SSSR count). The summed E-state index contributed by atoms with van der Waals surface area (Å²) >= 11 is 7.42. The van der Waals surface area contributed by atoms with Gasteiger partial charge >= 0.3 is 0 Å². The standard InChI is InChI=1S/C11H18ClNOS/c1-8(9-4-10(12)15-5-9)13-6-11(2,3)7-14/h4-5,8,13-14H,6-7H2,1-3H3. The van der Waals surface area contributed by atoms with Crippen molar-refractivity contribution in [1.29, 1.82) is 0 Å². The molecular formula is C11H18ClNOS. The molecule has 0 fully saturated rings. The monoisotopic (exact) mass is 247 g/mol. The fourth-order valence-corrected chi connectivity index (χ4v) is 2.14. The average Bonchev–Trinajstić information content (AvgIpc) is 2.61. The lowest BCUT2D eigenvalue weighted by Crippen LogP contribution is -2.33. The number of nitrogens with one attached hydrogen (secondary N) is 1. The first kappa shape index (κ1) is 13.0. The summed E-state index contributed by atoms with van der Waals surface area (Å²) in [5.74, 6) is 0. The summed E-state index contributed by atoms with van der Waals surface area (Å²) in [4.78, 5) is 0. The molecule has 2 N–H and O–H groups in total. The number of rotatable bonds is 5. The number of halogens is 1. The summed E-state index contributed by atoms with van der Waals surface area (Å²) in [7, 11) is 0. The molecule has 1 aromatic rings. The molecular weight excluding hydrogens is 230 g/mol. The SMILES string of the molecule is CC(NCC(C)(C)CO)c1csc(Cl)c1. The molecule has 4 heteroatoms. The van der Waals surface area contributed by atoms with E-state index in [2.05, 4.69) is 17.6 Å². The number of thiophene rings is 1. The van der Waals surface area contributed by atoms with Gasteiger partial charge in [-0.2, -0.15) is 0 Å². The van der Waals surface area contributed by atoms with Gasteiger partial charge in [-0.1, -0.05) is 25.4 Å². The van der Waals surface area contributed by atoms with Gasteiger partial charge in [0.05, 0.1) is 4.34 Å². The largest absolute Gasteiger partial charge is 0.396 e. The van der Waals surface area contributed by atoms with Gasteiger partial charge in [-0.15, -0.1) is 11.3 Å². The Hall–Kier alpha value is -0.0900. The molecule has 0 aliphatic heterocycles. The minimum Gasteiger partial charge on any atom is -0.396 e. The lowest BCUT2D eigenvalue weighted by atomic mass is 9.94.